The van der Waals surface area contributed by atoms with E-state index in [-0.39, 0.29) is 22.2 Å². The number of ether oxygens (including phenoxy) is 2. The number of fused-ring (bicyclic) bond motifs is 2. The second kappa shape index (κ2) is 10.3. The van der Waals surface area contributed by atoms with Gasteiger partial charge in [-0.1, -0.05) is 59.9 Å². The normalized spacial score (nSPS) is 17.2. The van der Waals surface area contributed by atoms with Crippen molar-refractivity contribution < 1.29 is 23.5 Å². The van der Waals surface area contributed by atoms with Gasteiger partial charge in [-0.15, -0.1) is 0 Å². The number of hydrogen-bond acceptors (Lipinski definition) is 7. The molecule has 0 aliphatic carbocycles. The van der Waals surface area contributed by atoms with Gasteiger partial charge in [0.05, 0.1) is 49.3 Å². The highest BCUT2D eigenvalue weighted by atomic mass is 32.1. The van der Waals surface area contributed by atoms with E-state index in [2.05, 4.69) is 4.99 Å². The Bertz CT molecular complexity index is 1940. The Kier molecular flexibility index (Phi) is 6.63. The molecular weight excluding hydrogens is 545 g/mol. The van der Waals surface area contributed by atoms with Gasteiger partial charge < -0.3 is 14.4 Å². The van der Waals surface area contributed by atoms with Gasteiger partial charge in [0.25, 0.3) is 11.5 Å². The minimum Gasteiger partial charge on any atom is -0.497 e. The molecule has 41 heavy (non-hydrogen) atoms. The van der Waals surface area contributed by atoms with Gasteiger partial charge >= 0.3 is 5.97 Å². The van der Waals surface area contributed by atoms with Crippen LogP contribution in [0.4, 0.5) is 10.1 Å². The molecule has 3 aromatic carbocycles. The first-order valence-electron chi connectivity index (χ1n) is 12.8. The number of halogens is 1. The molecule has 3 heterocycles. The largest absolute Gasteiger partial charge is 0.497 e. The Hall–Kier alpha value is -4.83. The number of amides is 1. The molecule has 0 bridgehead atoms. The van der Waals surface area contributed by atoms with Crippen LogP contribution in [0.2, 0.25) is 0 Å². The average Bonchev–Trinajstić information content (AvgIpc) is 3.45. The van der Waals surface area contributed by atoms with Gasteiger partial charge in [0, 0.05) is 11.1 Å². The first kappa shape index (κ1) is 26.4. The molecule has 4 aromatic rings. The maximum Gasteiger partial charge on any atom is 0.338 e. The number of benzene rings is 3. The van der Waals surface area contributed by atoms with Crippen LogP contribution in [0.25, 0.3) is 5.57 Å². The molecule has 8 nitrogen and oxygen atoms in total. The summed E-state index contributed by atoms with van der Waals surface area (Å²) in [5.41, 5.74) is 2.55. The smallest absolute Gasteiger partial charge is 0.338 e. The van der Waals surface area contributed by atoms with E-state index in [1.54, 1.807) is 80.8 Å². The van der Waals surface area contributed by atoms with Crippen LogP contribution >= 0.6 is 11.3 Å². The van der Waals surface area contributed by atoms with Gasteiger partial charge in [0.15, 0.2) is 4.80 Å². The molecule has 0 radical (unpaired) electrons. The van der Waals surface area contributed by atoms with Crippen molar-refractivity contribution in [3.63, 3.8) is 0 Å². The van der Waals surface area contributed by atoms with Gasteiger partial charge in [-0.05, 0) is 36.8 Å². The zero-order chi connectivity index (χ0) is 28.8. The highest BCUT2D eigenvalue weighted by Crippen LogP contribution is 2.37. The topological polar surface area (TPSA) is 90.2 Å². The molecule has 0 fully saturated rings. The molecule has 0 unspecified atom stereocenters. The van der Waals surface area contributed by atoms with Gasteiger partial charge in [-0.3, -0.25) is 14.2 Å². The number of methoxy groups -OCH3 is 2. The molecule has 10 heteroatoms. The van der Waals surface area contributed by atoms with E-state index in [1.807, 2.05) is 0 Å². The molecule has 0 saturated heterocycles. The van der Waals surface area contributed by atoms with Crippen LogP contribution in [0.3, 0.4) is 0 Å². The zero-order valence-electron chi connectivity index (χ0n) is 22.4. The Morgan fingerprint density at radius 1 is 1.00 bits per heavy atom. The van der Waals surface area contributed by atoms with Crippen molar-refractivity contribution in [3.8, 4) is 5.75 Å². The summed E-state index contributed by atoms with van der Waals surface area (Å²) < 4.78 is 26.5. The molecule has 0 spiro atoms. The van der Waals surface area contributed by atoms with Gasteiger partial charge in [0.2, 0.25) is 0 Å². The molecule has 2 aliphatic heterocycles. The van der Waals surface area contributed by atoms with Crippen LogP contribution in [-0.2, 0) is 20.9 Å². The molecule has 0 saturated carbocycles. The highest BCUT2D eigenvalue weighted by molar-refractivity contribution is 7.07. The number of hydrogen-bond donors (Lipinski definition) is 0. The summed E-state index contributed by atoms with van der Waals surface area (Å²) in [6, 6.07) is 19.6. The molecule has 1 aromatic heterocycles. The summed E-state index contributed by atoms with van der Waals surface area (Å²) in [6.07, 6.45) is 0. The number of para-hydroxylation sites is 1. The summed E-state index contributed by atoms with van der Waals surface area (Å²) in [7, 11) is 2.83. The van der Waals surface area contributed by atoms with E-state index in [0.717, 1.165) is 11.3 Å². The maximum absolute atomic E-state index is 14.5. The average molecular weight is 570 g/mol. The second-order valence-electron chi connectivity index (χ2n) is 9.54. The van der Waals surface area contributed by atoms with Crippen LogP contribution in [0.1, 0.15) is 29.7 Å². The van der Waals surface area contributed by atoms with E-state index in [4.69, 9.17) is 9.47 Å². The SMILES string of the molecule is COC(=O)C1=C(C)N=c2s/c(=C3\C(=O)N(Cc4ccccc4F)c4ccccc43)c(=O)n2[C@@H]1c1ccc(OC)cc1. The lowest BCUT2D eigenvalue weighted by Gasteiger charge is -2.24. The fraction of sp³-hybridized carbons (Fsp3) is 0.161. The number of carbonyl (C=O) groups excluding carboxylic acids is 2. The number of anilines is 1. The van der Waals surface area contributed by atoms with E-state index in [1.165, 1.54) is 22.6 Å². The lowest BCUT2D eigenvalue weighted by Crippen LogP contribution is -2.40. The van der Waals surface area contributed by atoms with Crippen LogP contribution in [0.5, 0.6) is 5.75 Å². The number of carbonyl (C=O) groups is 2. The van der Waals surface area contributed by atoms with Crippen LogP contribution in [0.15, 0.2) is 93.9 Å². The lowest BCUT2D eigenvalue weighted by molar-refractivity contribution is -0.136. The predicted octanol–water partition coefficient (Wildman–Crippen LogP) is 3.47. The zero-order valence-corrected chi connectivity index (χ0v) is 23.2. The maximum atomic E-state index is 14.5. The third kappa shape index (κ3) is 4.27. The van der Waals surface area contributed by atoms with E-state index < -0.39 is 29.3 Å². The summed E-state index contributed by atoms with van der Waals surface area (Å²) in [5.74, 6) is -0.823. The molecule has 1 amide bonds. The van der Waals surface area contributed by atoms with Crippen molar-refractivity contribution in [2.75, 3.05) is 19.1 Å². The van der Waals surface area contributed by atoms with Crippen LogP contribution in [0, 0.1) is 5.82 Å². The number of esters is 1. The first-order chi connectivity index (χ1) is 19.8. The Labute approximate surface area is 237 Å². The van der Waals surface area contributed by atoms with E-state index in [0.29, 0.717) is 38.6 Å². The minimum atomic E-state index is -0.833. The van der Waals surface area contributed by atoms with Crippen molar-refractivity contribution in [1.82, 2.24) is 4.57 Å². The predicted molar refractivity (Wildman–Crippen MR) is 152 cm³/mol. The Balaban J connectivity index is 1.58. The van der Waals surface area contributed by atoms with Crippen molar-refractivity contribution in [1.29, 1.82) is 0 Å². The number of rotatable bonds is 5. The third-order valence-corrected chi connectivity index (χ3v) is 8.32. The van der Waals surface area contributed by atoms with Gasteiger partial charge in [0.1, 0.15) is 16.1 Å². The van der Waals surface area contributed by atoms with Crippen molar-refractivity contribution in [3.05, 3.63) is 126 Å². The Morgan fingerprint density at radius 3 is 2.41 bits per heavy atom. The lowest BCUT2D eigenvalue weighted by atomic mass is 9.96. The number of allylic oxidation sites excluding steroid dienone is 1. The molecule has 1 atom stereocenters. The standard InChI is InChI=1S/C31H24FN3O5S/c1-17-24(30(38)40-3)26(18-12-14-20(39-2)15-13-18)35-29(37)27(41-31(35)33-17)25-21-9-5-7-11-23(21)34(28(25)36)16-19-8-4-6-10-22(19)32/h4-15,26H,16H2,1-3H3/b27-25-/t26-/m1/s1. The molecule has 0 N–H and O–H groups in total. The van der Waals surface area contributed by atoms with Gasteiger partial charge in [-0.2, -0.15) is 0 Å². The number of nitrogens with zero attached hydrogens (tertiary/aromatic N) is 3. The number of aromatic nitrogens is 1. The molecule has 2 aliphatic rings. The third-order valence-electron chi connectivity index (χ3n) is 7.27. The van der Waals surface area contributed by atoms with Crippen LogP contribution < -0.4 is 24.5 Å². The van der Waals surface area contributed by atoms with Crippen molar-refractivity contribution in [2.45, 2.75) is 19.5 Å². The Morgan fingerprint density at radius 2 is 1.71 bits per heavy atom. The van der Waals surface area contributed by atoms with E-state index >= 15 is 0 Å². The monoisotopic (exact) mass is 569 g/mol. The molecular formula is C31H24FN3O5S. The summed E-state index contributed by atoms with van der Waals surface area (Å²) in [4.78, 5) is 47.5. The molecule has 6 rings (SSSR count). The van der Waals surface area contributed by atoms with Gasteiger partial charge in [-0.25, -0.2) is 14.2 Å². The minimum absolute atomic E-state index is 0.00441. The fourth-order valence-corrected chi connectivity index (χ4v) is 6.43. The second-order valence-corrected chi connectivity index (χ2v) is 10.5. The summed E-state index contributed by atoms with van der Waals surface area (Å²) >= 11 is 1.08. The fourth-order valence-electron chi connectivity index (χ4n) is 5.30. The number of thiazole rings is 1. The summed E-state index contributed by atoms with van der Waals surface area (Å²) in [6.45, 7) is 1.69. The first-order valence-corrected chi connectivity index (χ1v) is 13.6. The van der Waals surface area contributed by atoms with E-state index in [9.17, 15) is 18.8 Å². The summed E-state index contributed by atoms with van der Waals surface area (Å²) in [5, 5.41) is 0. The quantitative estimate of drug-likeness (QED) is 0.344. The van der Waals surface area contributed by atoms with Crippen molar-refractivity contribution in [2.24, 2.45) is 4.99 Å². The van der Waals surface area contributed by atoms with Crippen LogP contribution in [-0.4, -0.2) is 30.7 Å². The molecule has 206 valence electrons. The highest BCUT2D eigenvalue weighted by Gasteiger charge is 2.37. The van der Waals surface area contributed by atoms with Crippen molar-refractivity contribution >= 4 is 34.5 Å².